The van der Waals surface area contributed by atoms with Gasteiger partial charge in [0, 0.05) is 50.0 Å². The second-order valence-electron chi connectivity index (χ2n) is 9.72. The third-order valence-electron chi connectivity index (χ3n) is 6.73. The van der Waals surface area contributed by atoms with Gasteiger partial charge in [0.1, 0.15) is 5.75 Å². The highest BCUT2D eigenvalue weighted by Crippen LogP contribution is 2.38. The largest absolute Gasteiger partial charge is 0.493 e. The molecule has 2 aromatic rings. The van der Waals surface area contributed by atoms with Crippen molar-refractivity contribution in [2.45, 2.75) is 45.1 Å². The molecule has 1 aliphatic heterocycles. The first kappa shape index (κ1) is 23.6. The van der Waals surface area contributed by atoms with E-state index in [0.29, 0.717) is 49.2 Å². The van der Waals surface area contributed by atoms with Crippen LogP contribution in [-0.4, -0.2) is 48.4 Å². The second-order valence-corrected chi connectivity index (χ2v) is 10.2. The molecule has 176 valence electrons. The molecule has 1 saturated heterocycles. The van der Waals surface area contributed by atoms with Gasteiger partial charge in [0.05, 0.1) is 6.61 Å². The summed E-state index contributed by atoms with van der Waals surface area (Å²) >= 11 is 6.13. The highest BCUT2D eigenvalue weighted by atomic mass is 35.5. The maximum absolute atomic E-state index is 13.3. The van der Waals surface area contributed by atoms with Crippen LogP contribution < -0.4 is 4.74 Å². The van der Waals surface area contributed by atoms with Gasteiger partial charge in [0.2, 0.25) is 11.8 Å². The van der Waals surface area contributed by atoms with Gasteiger partial charge in [-0.25, -0.2) is 0 Å². The molecule has 0 radical (unpaired) electrons. The van der Waals surface area contributed by atoms with Crippen molar-refractivity contribution in [1.82, 2.24) is 9.80 Å². The summed E-state index contributed by atoms with van der Waals surface area (Å²) in [6.45, 7) is 2.27. The SMILES string of the molecule is CN(Cc1ccccc1)C(=O)C[C@]1(COc2cccc(Cl)c2)CCCN(C(=O)CC2CC2)C1. The lowest BCUT2D eigenvalue weighted by Crippen LogP contribution is -2.50. The van der Waals surface area contributed by atoms with Crippen LogP contribution in [0.5, 0.6) is 5.75 Å². The maximum Gasteiger partial charge on any atom is 0.223 e. The summed E-state index contributed by atoms with van der Waals surface area (Å²) in [6, 6.07) is 17.3. The lowest BCUT2D eigenvalue weighted by atomic mass is 9.77. The molecule has 1 aliphatic carbocycles. The number of hydrogen-bond acceptors (Lipinski definition) is 3. The average molecular weight is 469 g/mol. The van der Waals surface area contributed by atoms with E-state index in [1.807, 2.05) is 60.5 Å². The first-order valence-electron chi connectivity index (χ1n) is 11.9. The Morgan fingerprint density at radius 3 is 2.67 bits per heavy atom. The number of ether oxygens (including phenoxy) is 1. The lowest BCUT2D eigenvalue weighted by Gasteiger charge is -2.43. The van der Waals surface area contributed by atoms with Crippen LogP contribution in [0.1, 0.15) is 44.1 Å². The van der Waals surface area contributed by atoms with Crippen LogP contribution in [0.2, 0.25) is 5.02 Å². The van der Waals surface area contributed by atoms with E-state index >= 15 is 0 Å². The van der Waals surface area contributed by atoms with E-state index in [4.69, 9.17) is 16.3 Å². The molecule has 2 amide bonds. The van der Waals surface area contributed by atoms with E-state index in [9.17, 15) is 9.59 Å². The Morgan fingerprint density at radius 1 is 1.15 bits per heavy atom. The molecular formula is C27H33ClN2O3. The molecule has 0 N–H and O–H groups in total. The molecule has 0 unspecified atom stereocenters. The third kappa shape index (κ3) is 6.73. The molecule has 2 aromatic carbocycles. The number of rotatable bonds is 9. The van der Waals surface area contributed by atoms with Gasteiger partial charge in [-0.2, -0.15) is 0 Å². The number of halogens is 1. The quantitative estimate of drug-likeness (QED) is 0.509. The first-order valence-corrected chi connectivity index (χ1v) is 12.2. The third-order valence-corrected chi connectivity index (χ3v) is 6.97. The van der Waals surface area contributed by atoms with Gasteiger partial charge in [-0.1, -0.05) is 48.0 Å². The first-order chi connectivity index (χ1) is 15.9. The Balaban J connectivity index is 1.47. The number of piperidine rings is 1. The number of benzene rings is 2. The Kier molecular flexibility index (Phi) is 7.59. The van der Waals surface area contributed by atoms with Gasteiger partial charge in [0.15, 0.2) is 0 Å². The van der Waals surface area contributed by atoms with Crippen LogP contribution in [0.3, 0.4) is 0 Å². The summed E-state index contributed by atoms with van der Waals surface area (Å²) in [6.07, 6.45) is 5.03. The van der Waals surface area contributed by atoms with Gasteiger partial charge in [-0.15, -0.1) is 0 Å². The topological polar surface area (TPSA) is 49.9 Å². The van der Waals surface area contributed by atoms with Crippen LogP contribution in [0.25, 0.3) is 0 Å². The predicted molar refractivity (Wildman–Crippen MR) is 130 cm³/mol. The molecule has 1 saturated carbocycles. The fourth-order valence-corrected chi connectivity index (χ4v) is 4.81. The molecule has 1 heterocycles. The molecule has 0 bridgehead atoms. The average Bonchev–Trinajstić information content (AvgIpc) is 3.63. The van der Waals surface area contributed by atoms with Crippen LogP contribution in [0.15, 0.2) is 54.6 Å². The summed E-state index contributed by atoms with van der Waals surface area (Å²) < 4.78 is 6.16. The summed E-state index contributed by atoms with van der Waals surface area (Å²) in [5, 5.41) is 0.616. The zero-order valence-electron chi connectivity index (χ0n) is 19.3. The van der Waals surface area contributed by atoms with Gasteiger partial charge < -0.3 is 14.5 Å². The molecule has 0 aromatic heterocycles. The number of nitrogens with zero attached hydrogens (tertiary/aromatic N) is 2. The van der Waals surface area contributed by atoms with Gasteiger partial charge in [-0.3, -0.25) is 9.59 Å². The molecule has 5 nitrogen and oxygen atoms in total. The smallest absolute Gasteiger partial charge is 0.223 e. The van der Waals surface area contributed by atoms with Crippen molar-refractivity contribution in [2.24, 2.45) is 11.3 Å². The number of likely N-dealkylation sites (tertiary alicyclic amines) is 1. The second kappa shape index (κ2) is 10.6. The van der Waals surface area contributed by atoms with Crippen molar-refractivity contribution < 1.29 is 14.3 Å². The van der Waals surface area contributed by atoms with E-state index in [-0.39, 0.29) is 11.8 Å². The molecule has 33 heavy (non-hydrogen) atoms. The number of amides is 2. The molecular weight excluding hydrogens is 436 g/mol. The minimum absolute atomic E-state index is 0.0741. The van der Waals surface area contributed by atoms with Gasteiger partial charge in [-0.05, 0) is 55.4 Å². The molecule has 6 heteroatoms. The maximum atomic E-state index is 13.3. The number of carbonyl (C=O) groups excluding carboxylic acids is 2. The lowest BCUT2D eigenvalue weighted by molar-refractivity contribution is -0.141. The molecule has 2 fully saturated rings. The zero-order chi connectivity index (χ0) is 23.3. The van der Waals surface area contributed by atoms with Crippen molar-refractivity contribution in [3.63, 3.8) is 0 Å². The molecule has 0 spiro atoms. The minimum Gasteiger partial charge on any atom is -0.493 e. The van der Waals surface area contributed by atoms with Gasteiger partial charge >= 0.3 is 0 Å². The van der Waals surface area contributed by atoms with Crippen molar-refractivity contribution in [3.8, 4) is 5.75 Å². The van der Waals surface area contributed by atoms with Crippen LogP contribution in [0.4, 0.5) is 0 Å². The van der Waals surface area contributed by atoms with E-state index in [1.165, 1.54) is 0 Å². The number of carbonyl (C=O) groups is 2. The zero-order valence-corrected chi connectivity index (χ0v) is 20.1. The predicted octanol–water partition coefficient (Wildman–Crippen LogP) is 5.18. The van der Waals surface area contributed by atoms with Crippen LogP contribution in [0, 0.1) is 11.3 Å². The monoisotopic (exact) mass is 468 g/mol. The highest BCUT2D eigenvalue weighted by Gasteiger charge is 2.41. The van der Waals surface area contributed by atoms with E-state index in [2.05, 4.69) is 0 Å². The molecule has 2 aliphatic rings. The molecule has 1 atom stereocenters. The van der Waals surface area contributed by atoms with E-state index < -0.39 is 5.41 Å². The summed E-state index contributed by atoms with van der Waals surface area (Å²) in [4.78, 5) is 29.9. The molecule has 4 rings (SSSR count). The highest BCUT2D eigenvalue weighted by molar-refractivity contribution is 6.30. The standard InChI is InChI=1S/C27H33ClN2O3/c1-29(18-22-7-3-2-4-8-22)26(32)17-27(20-33-24-10-5-9-23(28)16-24)13-6-14-30(19-27)25(31)15-21-11-12-21/h2-5,7-10,16,21H,6,11-15,17-20H2,1H3/t27-/m1/s1. The fraction of sp³-hybridized carbons (Fsp3) is 0.481. The van der Waals surface area contributed by atoms with Crippen molar-refractivity contribution >= 4 is 23.4 Å². The Bertz CT molecular complexity index is 963. The summed E-state index contributed by atoms with van der Waals surface area (Å²) in [5.74, 6) is 1.53. The van der Waals surface area contributed by atoms with Gasteiger partial charge in [0.25, 0.3) is 0 Å². The van der Waals surface area contributed by atoms with E-state index in [0.717, 1.165) is 37.8 Å². The minimum atomic E-state index is -0.415. The Hall–Kier alpha value is -2.53. The van der Waals surface area contributed by atoms with Crippen molar-refractivity contribution in [1.29, 1.82) is 0 Å². The van der Waals surface area contributed by atoms with E-state index in [1.54, 1.807) is 11.0 Å². The Labute approximate surface area is 201 Å². The van der Waals surface area contributed by atoms with Crippen LogP contribution in [-0.2, 0) is 16.1 Å². The normalized spacial score (nSPS) is 20.4. The fourth-order valence-electron chi connectivity index (χ4n) is 4.63. The number of hydrogen-bond donors (Lipinski definition) is 0. The van der Waals surface area contributed by atoms with Crippen molar-refractivity contribution in [2.75, 3.05) is 26.7 Å². The summed E-state index contributed by atoms with van der Waals surface area (Å²) in [5.41, 5.74) is 0.685. The van der Waals surface area contributed by atoms with Crippen LogP contribution >= 0.6 is 11.6 Å². The van der Waals surface area contributed by atoms with Crippen molar-refractivity contribution in [3.05, 3.63) is 65.2 Å². The summed E-state index contributed by atoms with van der Waals surface area (Å²) in [7, 11) is 1.85. The Morgan fingerprint density at radius 2 is 1.94 bits per heavy atom.